The molecule has 0 radical (unpaired) electrons. The maximum absolute atomic E-state index is 11.2. The molecular formula is C18H17N3O4. The highest BCUT2D eigenvalue weighted by atomic mass is 16.4. The summed E-state index contributed by atoms with van der Waals surface area (Å²) in [4.78, 5) is 35.1. The zero-order valence-corrected chi connectivity index (χ0v) is 13.2. The van der Waals surface area contributed by atoms with E-state index < -0.39 is 11.9 Å². The molecule has 2 amide bonds. The van der Waals surface area contributed by atoms with Crippen molar-refractivity contribution in [1.29, 1.82) is 0 Å². The largest absolute Gasteiger partial charge is 0.480 e. The second-order valence-electron chi connectivity index (χ2n) is 5.09. The molecule has 0 bridgehead atoms. The molecule has 2 aromatic carbocycles. The second kappa shape index (κ2) is 8.30. The smallest absolute Gasteiger partial charge is 0.322 e. The van der Waals surface area contributed by atoms with Gasteiger partial charge in [0.15, 0.2) is 0 Å². The van der Waals surface area contributed by atoms with Crippen LogP contribution in [0.4, 0.5) is 0 Å². The molecule has 0 saturated carbocycles. The van der Waals surface area contributed by atoms with E-state index in [2.05, 4.69) is 10.3 Å². The molecule has 128 valence electrons. The first-order valence-corrected chi connectivity index (χ1v) is 7.39. The van der Waals surface area contributed by atoms with E-state index in [-0.39, 0.29) is 12.5 Å². The van der Waals surface area contributed by atoms with Crippen molar-refractivity contribution in [3.63, 3.8) is 0 Å². The summed E-state index contributed by atoms with van der Waals surface area (Å²) in [5.41, 5.74) is 7.05. The van der Waals surface area contributed by atoms with E-state index in [1.165, 1.54) is 0 Å². The number of fused-ring (bicyclic) bond motifs is 1. The highest BCUT2D eigenvalue weighted by Gasteiger charge is 2.05. The predicted molar refractivity (Wildman–Crippen MR) is 93.2 cm³/mol. The van der Waals surface area contributed by atoms with Crippen LogP contribution in [0.1, 0.15) is 20.7 Å². The number of hydrogen-bond donors (Lipinski definition) is 4. The summed E-state index contributed by atoms with van der Waals surface area (Å²) in [6.45, 7) is -0.353. The van der Waals surface area contributed by atoms with Crippen LogP contribution in [-0.2, 0) is 4.79 Å². The van der Waals surface area contributed by atoms with Gasteiger partial charge in [-0.2, -0.15) is 0 Å². The molecule has 0 aliphatic carbocycles. The number of rotatable bonds is 4. The fraction of sp³-hybridized carbons (Fsp3) is 0.0556. The average molecular weight is 339 g/mol. The number of nitrogens with two attached hydrogens (primary N) is 1. The molecule has 1 heterocycles. The summed E-state index contributed by atoms with van der Waals surface area (Å²) in [5.74, 6) is -1.82. The van der Waals surface area contributed by atoms with Crippen molar-refractivity contribution >= 4 is 28.7 Å². The SMILES string of the molecule is NC(=O)c1ccc2cc[nH]c2c1.O=C(O)CNC(=O)c1ccccc1. The Bertz CT molecular complexity index is 887. The summed E-state index contributed by atoms with van der Waals surface area (Å²) in [6.07, 6.45) is 1.83. The normalized spacial score (nSPS) is 9.76. The molecule has 0 fully saturated rings. The van der Waals surface area contributed by atoms with Gasteiger partial charge >= 0.3 is 5.97 Å². The number of nitrogens with one attached hydrogen (secondary N) is 2. The molecule has 0 saturated heterocycles. The van der Waals surface area contributed by atoms with Crippen molar-refractivity contribution in [3.8, 4) is 0 Å². The van der Waals surface area contributed by atoms with E-state index in [4.69, 9.17) is 10.8 Å². The number of aliphatic carboxylic acids is 1. The zero-order valence-electron chi connectivity index (χ0n) is 13.2. The van der Waals surface area contributed by atoms with Crippen molar-refractivity contribution in [2.75, 3.05) is 6.54 Å². The van der Waals surface area contributed by atoms with Crippen molar-refractivity contribution < 1.29 is 19.5 Å². The molecule has 0 unspecified atom stereocenters. The van der Waals surface area contributed by atoms with Gasteiger partial charge in [0.1, 0.15) is 6.54 Å². The van der Waals surface area contributed by atoms with Crippen LogP contribution >= 0.6 is 0 Å². The zero-order chi connectivity index (χ0) is 18.2. The fourth-order valence-corrected chi connectivity index (χ4v) is 2.05. The standard InChI is InChI=1S/C9H8N2O.C9H9NO3/c10-9(12)7-2-1-6-3-4-11-8(6)5-7;11-8(12)6-10-9(13)7-4-2-1-3-5-7/h1-5,11H,(H2,10,12);1-5H,6H2,(H,10,13)(H,11,12). The Labute approximate surface area is 143 Å². The van der Waals surface area contributed by atoms with Gasteiger partial charge < -0.3 is 21.1 Å². The number of carbonyl (C=O) groups excluding carboxylic acids is 2. The summed E-state index contributed by atoms with van der Waals surface area (Å²) in [6, 6.07) is 15.7. The van der Waals surface area contributed by atoms with Crippen LogP contribution in [0.5, 0.6) is 0 Å². The molecule has 7 nitrogen and oxygen atoms in total. The molecule has 0 aliphatic rings. The third kappa shape index (κ3) is 5.21. The number of amides is 2. The molecule has 0 atom stereocenters. The molecule has 25 heavy (non-hydrogen) atoms. The van der Waals surface area contributed by atoms with E-state index in [0.717, 1.165) is 10.9 Å². The average Bonchev–Trinajstić information content (AvgIpc) is 3.08. The topological polar surface area (TPSA) is 125 Å². The molecule has 7 heteroatoms. The third-order valence-corrected chi connectivity index (χ3v) is 3.28. The summed E-state index contributed by atoms with van der Waals surface area (Å²) >= 11 is 0. The van der Waals surface area contributed by atoms with Gasteiger partial charge in [0.25, 0.3) is 5.91 Å². The van der Waals surface area contributed by atoms with E-state index in [1.54, 1.807) is 42.5 Å². The molecule has 1 aromatic heterocycles. The fourth-order valence-electron chi connectivity index (χ4n) is 2.05. The molecule has 3 rings (SSSR count). The number of primary amides is 1. The minimum absolute atomic E-state index is 0.353. The van der Waals surface area contributed by atoms with Crippen molar-refractivity contribution in [1.82, 2.24) is 10.3 Å². The summed E-state index contributed by atoms with van der Waals surface area (Å²) in [5, 5.41) is 11.6. The Morgan fingerprint density at radius 1 is 1.00 bits per heavy atom. The lowest BCUT2D eigenvalue weighted by Gasteiger charge is -2.00. The summed E-state index contributed by atoms with van der Waals surface area (Å²) in [7, 11) is 0. The van der Waals surface area contributed by atoms with Gasteiger partial charge in [-0.3, -0.25) is 14.4 Å². The Kier molecular flexibility index (Phi) is 5.89. The van der Waals surface area contributed by atoms with Crippen LogP contribution in [0, 0.1) is 0 Å². The van der Waals surface area contributed by atoms with Gasteiger partial charge in [-0.15, -0.1) is 0 Å². The quantitative estimate of drug-likeness (QED) is 0.578. The number of aromatic nitrogens is 1. The number of hydrogen-bond acceptors (Lipinski definition) is 3. The van der Waals surface area contributed by atoms with Crippen LogP contribution in [0.25, 0.3) is 10.9 Å². The number of aromatic amines is 1. The third-order valence-electron chi connectivity index (χ3n) is 3.28. The van der Waals surface area contributed by atoms with Gasteiger partial charge in [-0.05, 0) is 35.7 Å². The molecule has 0 spiro atoms. The first-order chi connectivity index (χ1) is 12.0. The molecule has 0 aliphatic heterocycles. The van der Waals surface area contributed by atoms with Gasteiger partial charge in [0.05, 0.1) is 0 Å². The maximum Gasteiger partial charge on any atom is 0.322 e. The first-order valence-electron chi connectivity index (χ1n) is 7.39. The van der Waals surface area contributed by atoms with Crippen LogP contribution in [-0.4, -0.2) is 34.4 Å². The minimum Gasteiger partial charge on any atom is -0.480 e. The Balaban J connectivity index is 0.000000181. The minimum atomic E-state index is -1.05. The second-order valence-corrected chi connectivity index (χ2v) is 5.09. The number of carbonyl (C=O) groups is 3. The van der Waals surface area contributed by atoms with Gasteiger partial charge in [-0.1, -0.05) is 24.3 Å². The van der Waals surface area contributed by atoms with Gasteiger partial charge in [0.2, 0.25) is 5.91 Å². The van der Waals surface area contributed by atoms with Crippen LogP contribution < -0.4 is 11.1 Å². The van der Waals surface area contributed by atoms with E-state index >= 15 is 0 Å². The lowest BCUT2D eigenvalue weighted by Crippen LogP contribution is -2.29. The number of carboxylic acids is 1. The van der Waals surface area contributed by atoms with E-state index in [0.29, 0.717) is 11.1 Å². The molecule has 5 N–H and O–H groups in total. The number of H-pyrrole nitrogens is 1. The predicted octanol–water partition coefficient (Wildman–Crippen LogP) is 1.77. The lowest BCUT2D eigenvalue weighted by atomic mass is 10.1. The molecule has 3 aromatic rings. The highest BCUT2D eigenvalue weighted by Crippen LogP contribution is 2.13. The Morgan fingerprint density at radius 2 is 1.72 bits per heavy atom. The van der Waals surface area contributed by atoms with Gasteiger partial charge in [-0.25, -0.2) is 0 Å². The van der Waals surface area contributed by atoms with Gasteiger partial charge in [0, 0.05) is 22.8 Å². The number of carboxylic acid groups (broad SMARTS) is 1. The van der Waals surface area contributed by atoms with Crippen molar-refractivity contribution in [3.05, 3.63) is 71.9 Å². The molecular weight excluding hydrogens is 322 g/mol. The Hall–Kier alpha value is -3.61. The number of benzene rings is 2. The van der Waals surface area contributed by atoms with Crippen molar-refractivity contribution in [2.24, 2.45) is 5.73 Å². The van der Waals surface area contributed by atoms with E-state index in [9.17, 15) is 14.4 Å². The lowest BCUT2D eigenvalue weighted by molar-refractivity contribution is -0.135. The monoisotopic (exact) mass is 339 g/mol. The first kappa shape index (κ1) is 17.7. The Morgan fingerprint density at radius 3 is 2.36 bits per heavy atom. The van der Waals surface area contributed by atoms with Crippen LogP contribution in [0.2, 0.25) is 0 Å². The van der Waals surface area contributed by atoms with Crippen LogP contribution in [0.15, 0.2) is 60.8 Å². The maximum atomic E-state index is 11.2. The van der Waals surface area contributed by atoms with Crippen molar-refractivity contribution in [2.45, 2.75) is 0 Å². The van der Waals surface area contributed by atoms with Crippen LogP contribution in [0.3, 0.4) is 0 Å². The highest BCUT2D eigenvalue weighted by molar-refractivity contribution is 5.97. The van der Waals surface area contributed by atoms with E-state index in [1.807, 2.05) is 18.3 Å². The summed E-state index contributed by atoms with van der Waals surface area (Å²) < 4.78 is 0.